The Balaban J connectivity index is 2.86. The van der Waals surface area contributed by atoms with Gasteiger partial charge in [0.1, 0.15) is 18.0 Å². The highest BCUT2D eigenvalue weighted by Gasteiger charge is 2.15. The second-order valence-electron chi connectivity index (χ2n) is 4.83. The first-order valence-corrected chi connectivity index (χ1v) is 8.76. The van der Waals surface area contributed by atoms with E-state index in [1.165, 1.54) is 6.33 Å². The normalized spacial score (nSPS) is 11.7. The van der Waals surface area contributed by atoms with Gasteiger partial charge in [-0.05, 0) is 12.8 Å². The van der Waals surface area contributed by atoms with E-state index in [-0.39, 0.29) is 17.4 Å². The molecule has 0 spiro atoms. The molecule has 1 aromatic rings. The zero-order valence-corrected chi connectivity index (χ0v) is 13.4. The van der Waals surface area contributed by atoms with Crippen LogP contribution in [0.5, 0.6) is 0 Å². The van der Waals surface area contributed by atoms with E-state index in [0.717, 1.165) is 17.9 Å². The van der Waals surface area contributed by atoms with Crippen molar-refractivity contribution in [2.45, 2.75) is 33.6 Å². The Kier molecular flexibility index (Phi) is 6.19. The van der Waals surface area contributed by atoms with Gasteiger partial charge in [0, 0.05) is 24.4 Å². The summed E-state index contributed by atoms with van der Waals surface area (Å²) in [6.07, 6.45) is 1.49. The standard InChI is InChI=1S/C13H24N4O2S/c1-5-14-12-11(10(3)4)13(17-9-16-12)15-7-8-20(18,19)6-2/h9-10H,5-8H2,1-4H3,(H2,14,15,16,17). The molecule has 7 heteroatoms. The van der Waals surface area contributed by atoms with Crippen molar-refractivity contribution in [2.24, 2.45) is 0 Å². The molecule has 0 aliphatic carbocycles. The van der Waals surface area contributed by atoms with Crippen LogP contribution in [-0.4, -0.2) is 43.0 Å². The molecule has 1 aromatic heterocycles. The minimum Gasteiger partial charge on any atom is -0.370 e. The van der Waals surface area contributed by atoms with Crippen LogP contribution in [0.4, 0.5) is 11.6 Å². The van der Waals surface area contributed by atoms with Gasteiger partial charge in [-0.3, -0.25) is 0 Å². The summed E-state index contributed by atoms with van der Waals surface area (Å²) in [7, 11) is -2.96. The molecular weight excluding hydrogens is 276 g/mol. The van der Waals surface area contributed by atoms with Gasteiger partial charge in [-0.1, -0.05) is 20.8 Å². The lowest BCUT2D eigenvalue weighted by molar-refractivity contribution is 0.597. The highest BCUT2D eigenvalue weighted by Crippen LogP contribution is 2.27. The molecule has 0 atom stereocenters. The molecule has 1 rings (SSSR count). The lowest BCUT2D eigenvalue weighted by Crippen LogP contribution is -2.19. The molecule has 0 saturated carbocycles. The Morgan fingerprint density at radius 2 is 1.75 bits per heavy atom. The van der Waals surface area contributed by atoms with Crippen molar-refractivity contribution in [2.75, 3.05) is 35.2 Å². The topological polar surface area (TPSA) is 84.0 Å². The largest absolute Gasteiger partial charge is 0.370 e. The third kappa shape index (κ3) is 4.63. The molecule has 20 heavy (non-hydrogen) atoms. The maximum Gasteiger partial charge on any atom is 0.151 e. The Morgan fingerprint density at radius 3 is 2.25 bits per heavy atom. The van der Waals surface area contributed by atoms with Gasteiger partial charge < -0.3 is 10.6 Å². The second-order valence-corrected chi connectivity index (χ2v) is 7.31. The molecule has 0 aliphatic heterocycles. The maximum atomic E-state index is 11.5. The Morgan fingerprint density at radius 1 is 1.15 bits per heavy atom. The summed E-state index contributed by atoms with van der Waals surface area (Å²) in [4.78, 5) is 8.47. The van der Waals surface area contributed by atoms with Crippen molar-refractivity contribution < 1.29 is 8.42 Å². The molecule has 0 radical (unpaired) electrons. The molecular formula is C13H24N4O2S. The molecule has 2 N–H and O–H groups in total. The Hall–Kier alpha value is -1.37. The van der Waals surface area contributed by atoms with Crippen molar-refractivity contribution in [3.63, 3.8) is 0 Å². The van der Waals surface area contributed by atoms with E-state index in [9.17, 15) is 8.42 Å². The average Bonchev–Trinajstić information content (AvgIpc) is 2.39. The summed E-state index contributed by atoms with van der Waals surface area (Å²) in [5.74, 6) is 2.03. The number of anilines is 2. The van der Waals surface area contributed by atoms with Gasteiger partial charge in [-0.15, -0.1) is 0 Å². The van der Waals surface area contributed by atoms with Crippen LogP contribution in [0, 0.1) is 0 Å². The fourth-order valence-electron chi connectivity index (χ4n) is 1.86. The van der Waals surface area contributed by atoms with Crippen molar-refractivity contribution in [3.05, 3.63) is 11.9 Å². The SMILES string of the molecule is CCNc1ncnc(NCCS(=O)(=O)CC)c1C(C)C. The third-order valence-electron chi connectivity index (χ3n) is 2.95. The lowest BCUT2D eigenvalue weighted by Gasteiger charge is -2.17. The van der Waals surface area contributed by atoms with Gasteiger partial charge in [0.2, 0.25) is 0 Å². The molecule has 0 bridgehead atoms. The minimum atomic E-state index is -2.96. The first-order valence-electron chi connectivity index (χ1n) is 6.94. The van der Waals surface area contributed by atoms with E-state index in [2.05, 4.69) is 34.4 Å². The molecule has 0 saturated heterocycles. The second kappa shape index (κ2) is 7.42. The quantitative estimate of drug-likeness (QED) is 0.762. The van der Waals surface area contributed by atoms with Gasteiger partial charge in [0.15, 0.2) is 9.84 Å². The summed E-state index contributed by atoms with van der Waals surface area (Å²) in [5.41, 5.74) is 0.989. The van der Waals surface area contributed by atoms with Gasteiger partial charge in [-0.25, -0.2) is 18.4 Å². The molecule has 0 aliphatic rings. The minimum absolute atomic E-state index is 0.113. The maximum absolute atomic E-state index is 11.5. The number of nitrogens with one attached hydrogen (secondary N) is 2. The van der Waals surface area contributed by atoms with E-state index < -0.39 is 9.84 Å². The van der Waals surface area contributed by atoms with E-state index in [1.807, 2.05) is 6.92 Å². The summed E-state index contributed by atoms with van der Waals surface area (Å²) in [6, 6.07) is 0. The van der Waals surface area contributed by atoms with Gasteiger partial charge in [0.25, 0.3) is 0 Å². The van der Waals surface area contributed by atoms with E-state index in [1.54, 1.807) is 6.92 Å². The number of sulfone groups is 1. The highest BCUT2D eigenvalue weighted by molar-refractivity contribution is 7.91. The van der Waals surface area contributed by atoms with Crippen molar-refractivity contribution >= 4 is 21.5 Å². The average molecular weight is 300 g/mol. The monoisotopic (exact) mass is 300 g/mol. The number of hydrogen-bond acceptors (Lipinski definition) is 6. The molecule has 0 amide bonds. The molecule has 114 valence electrons. The molecule has 1 heterocycles. The van der Waals surface area contributed by atoms with Crippen molar-refractivity contribution in [1.29, 1.82) is 0 Å². The van der Waals surface area contributed by atoms with E-state index >= 15 is 0 Å². The lowest BCUT2D eigenvalue weighted by atomic mass is 10.0. The Labute approximate surface area is 121 Å². The van der Waals surface area contributed by atoms with Crippen molar-refractivity contribution in [3.8, 4) is 0 Å². The predicted molar refractivity (Wildman–Crippen MR) is 83.1 cm³/mol. The smallest absolute Gasteiger partial charge is 0.151 e. The highest BCUT2D eigenvalue weighted by atomic mass is 32.2. The number of rotatable bonds is 8. The number of aromatic nitrogens is 2. The number of nitrogens with zero attached hydrogens (tertiary/aromatic N) is 2. The summed E-state index contributed by atoms with van der Waals surface area (Å²) in [5, 5.41) is 6.32. The van der Waals surface area contributed by atoms with Crippen LogP contribution in [0.3, 0.4) is 0 Å². The Bertz CT molecular complexity index is 529. The van der Waals surface area contributed by atoms with Crippen LogP contribution in [-0.2, 0) is 9.84 Å². The zero-order chi connectivity index (χ0) is 15.2. The fourth-order valence-corrected chi connectivity index (χ4v) is 2.56. The van der Waals surface area contributed by atoms with E-state index in [4.69, 9.17) is 0 Å². The van der Waals surface area contributed by atoms with Gasteiger partial charge in [-0.2, -0.15) is 0 Å². The third-order valence-corrected chi connectivity index (χ3v) is 4.66. The first-order chi connectivity index (χ1) is 9.41. The molecule has 0 aromatic carbocycles. The first kappa shape index (κ1) is 16.7. The van der Waals surface area contributed by atoms with Crippen LogP contribution in [0.2, 0.25) is 0 Å². The van der Waals surface area contributed by atoms with Crippen molar-refractivity contribution in [1.82, 2.24) is 9.97 Å². The predicted octanol–water partition coefficient (Wildman–Crippen LogP) is 1.88. The molecule has 0 unspecified atom stereocenters. The van der Waals surface area contributed by atoms with Crippen LogP contribution in [0.1, 0.15) is 39.2 Å². The fraction of sp³-hybridized carbons (Fsp3) is 0.692. The van der Waals surface area contributed by atoms with Crippen LogP contribution >= 0.6 is 0 Å². The van der Waals surface area contributed by atoms with Gasteiger partial charge >= 0.3 is 0 Å². The summed E-state index contributed by atoms with van der Waals surface area (Å²) in [6.45, 7) is 8.93. The zero-order valence-electron chi connectivity index (χ0n) is 12.6. The van der Waals surface area contributed by atoms with Crippen LogP contribution in [0.25, 0.3) is 0 Å². The molecule has 0 fully saturated rings. The summed E-state index contributed by atoms with van der Waals surface area (Å²) >= 11 is 0. The van der Waals surface area contributed by atoms with Gasteiger partial charge in [0.05, 0.1) is 5.75 Å². The molecule has 6 nitrogen and oxygen atoms in total. The summed E-state index contributed by atoms with van der Waals surface area (Å²) < 4.78 is 23.0. The van der Waals surface area contributed by atoms with E-state index in [0.29, 0.717) is 12.4 Å². The van der Waals surface area contributed by atoms with Crippen LogP contribution in [0.15, 0.2) is 6.33 Å². The van der Waals surface area contributed by atoms with Crippen LogP contribution < -0.4 is 10.6 Å². The number of hydrogen-bond donors (Lipinski definition) is 2.